The van der Waals surface area contributed by atoms with E-state index in [9.17, 15) is 13.6 Å². The normalized spacial score (nSPS) is 10.6. The van der Waals surface area contributed by atoms with Gasteiger partial charge in [-0.15, -0.1) is 0 Å². The Labute approximate surface area is 99.9 Å². The summed E-state index contributed by atoms with van der Waals surface area (Å²) >= 11 is 3.10. The number of methoxy groups -OCH3 is 1. The van der Waals surface area contributed by atoms with Crippen molar-refractivity contribution in [3.8, 4) is 0 Å². The summed E-state index contributed by atoms with van der Waals surface area (Å²) in [6.45, 7) is 1.44. The lowest BCUT2D eigenvalue weighted by molar-refractivity contribution is 0.0592. The van der Waals surface area contributed by atoms with Gasteiger partial charge in [0.1, 0.15) is 0 Å². The molecule has 0 aliphatic heterocycles. The van der Waals surface area contributed by atoms with E-state index in [2.05, 4.69) is 25.7 Å². The second kappa shape index (κ2) is 5.34. The summed E-state index contributed by atoms with van der Waals surface area (Å²) in [6, 6.07) is 0. The minimum absolute atomic E-state index is 0.0671. The smallest absolute Gasteiger partial charge is 0.356 e. The van der Waals surface area contributed by atoms with Gasteiger partial charge < -0.3 is 4.74 Å². The monoisotopic (exact) mass is 293 g/mol. The summed E-state index contributed by atoms with van der Waals surface area (Å²) in [4.78, 5) is 15.1. The quantitative estimate of drug-likeness (QED) is 0.635. The second-order valence-corrected chi connectivity index (χ2v) is 3.66. The largest absolute Gasteiger partial charge is 0.464 e. The molecule has 6 heteroatoms. The van der Waals surface area contributed by atoms with Crippen LogP contribution in [0.5, 0.6) is 0 Å². The second-order valence-electron chi connectivity index (χ2n) is 3.10. The van der Waals surface area contributed by atoms with E-state index in [0.29, 0.717) is 5.56 Å². The van der Waals surface area contributed by atoms with Crippen molar-refractivity contribution in [1.82, 2.24) is 4.98 Å². The summed E-state index contributed by atoms with van der Waals surface area (Å²) in [5, 5.41) is 0.266. The molecule has 0 bridgehead atoms. The highest BCUT2D eigenvalue weighted by molar-refractivity contribution is 9.08. The Balaban J connectivity index is 3.37. The van der Waals surface area contributed by atoms with E-state index < -0.39 is 12.4 Å². The van der Waals surface area contributed by atoms with E-state index >= 15 is 0 Å². The van der Waals surface area contributed by atoms with Crippen molar-refractivity contribution in [2.45, 2.75) is 18.7 Å². The highest BCUT2D eigenvalue weighted by Gasteiger charge is 2.22. The van der Waals surface area contributed by atoms with E-state index in [1.807, 2.05) is 0 Å². The van der Waals surface area contributed by atoms with Crippen molar-refractivity contribution in [3.05, 3.63) is 28.6 Å². The fourth-order valence-corrected chi connectivity index (χ4v) is 1.84. The van der Waals surface area contributed by atoms with Crippen molar-refractivity contribution in [1.29, 1.82) is 0 Å². The Kier molecular flexibility index (Phi) is 4.35. The molecule has 1 rings (SSSR count). The van der Waals surface area contributed by atoms with Crippen molar-refractivity contribution >= 4 is 21.9 Å². The van der Waals surface area contributed by atoms with Crippen molar-refractivity contribution in [2.75, 3.05) is 7.11 Å². The maximum Gasteiger partial charge on any atom is 0.356 e. The number of alkyl halides is 3. The number of hydrogen-bond acceptors (Lipinski definition) is 3. The van der Waals surface area contributed by atoms with E-state index in [0.717, 1.165) is 0 Å². The molecule has 3 nitrogen and oxygen atoms in total. The van der Waals surface area contributed by atoms with Gasteiger partial charge in [0.15, 0.2) is 5.69 Å². The van der Waals surface area contributed by atoms with Crippen LogP contribution in [0, 0.1) is 6.92 Å². The number of esters is 1. The summed E-state index contributed by atoms with van der Waals surface area (Å²) in [6.07, 6.45) is -1.38. The first-order chi connectivity index (χ1) is 7.52. The number of carbonyl (C=O) groups excluding carboxylic acids is 1. The Hall–Kier alpha value is -1.04. The van der Waals surface area contributed by atoms with Crippen molar-refractivity contribution < 1.29 is 18.3 Å². The lowest BCUT2D eigenvalue weighted by Gasteiger charge is -2.12. The van der Waals surface area contributed by atoms with Crippen LogP contribution in [0.3, 0.4) is 0 Å². The van der Waals surface area contributed by atoms with Crippen LogP contribution in [0.25, 0.3) is 0 Å². The summed E-state index contributed by atoms with van der Waals surface area (Å²) < 4.78 is 30.1. The molecule has 0 N–H and O–H groups in total. The van der Waals surface area contributed by atoms with E-state index in [1.54, 1.807) is 0 Å². The van der Waals surface area contributed by atoms with Crippen LogP contribution in [-0.2, 0) is 10.1 Å². The predicted octanol–water partition coefficient (Wildman–Crippen LogP) is 3.01. The number of ether oxygens (including phenoxy) is 1. The van der Waals surface area contributed by atoms with Crippen LogP contribution in [0.4, 0.5) is 8.78 Å². The molecule has 0 aliphatic rings. The molecule has 0 amide bonds. The van der Waals surface area contributed by atoms with Gasteiger partial charge in [-0.05, 0) is 18.1 Å². The molecule has 0 radical (unpaired) electrons. The van der Waals surface area contributed by atoms with Gasteiger partial charge in [0, 0.05) is 17.1 Å². The van der Waals surface area contributed by atoms with E-state index in [1.165, 1.54) is 20.2 Å². The molecular weight excluding hydrogens is 284 g/mol. The summed E-state index contributed by atoms with van der Waals surface area (Å²) in [7, 11) is 1.18. The number of pyridine rings is 1. The molecule has 0 aliphatic carbocycles. The van der Waals surface area contributed by atoms with Crippen LogP contribution in [0.2, 0.25) is 0 Å². The van der Waals surface area contributed by atoms with E-state index in [-0.39, 0.29) is 22.2 Å². The van der Waals surface area contributed by atoms with Gasteiger partial charge in [-0.25, -0.2) is 18.6 Å². The average Bonchev–Trinajstić information content (AvgIpc) is 2.26. The van der Waals surface area contributed by atoms with Gasteiger partial charge in [0.25, 0.3) is 6.43 Å². The number of carbonyl (C=O) groups is 1. The topological polar surface area (TPSA) is 39.2 Å². The third kappa shape index (κ3) is 2.37. The highest BCUT2D eigenvalue weighted by atomic mass is 79.9. The van der Waals surface area contributed by atoms with Gasteiger partial charge >= 0.3 is 5.97 Å². The first kappa shape index (κ1) is 13.0. The van der Waals surface area contributed by atoms with Crippen LogP contribution in [0.15, 0.2) is 6.20 Å². The fraction of sp³-hybridized carbons (Fsp3) is 0.400. The molecule has 1 aromatic rings. The molecular formula is C10H10BrF2NO2. The Morgan fingerprint density at radius 3 is 2.69 bits per heavy atom. The van der Waals surface area contributed by atoms with Crippen LogP contribution in [-0.4, -0.2) is 18.1 Å². The molecule has 1 aromatic heterocycles. The molecule has 0 saturated carbocycles. The van der Waals surface area contributed by atoms with Gasteiger partial charge in [-0.3, -0.25) is 0 Å². The molecule has 1 heterocycles. The lowest BCUT2D eigenvalue weighted by Crippen LogP contribution is -2.11. The van der Waals surface area contributed by atoms with Crippen molar-refractivity contribution in [3.63, 3.8) is 0 Å². The Morgan fingerprint density at radius 2 is 2.25 bits per heavy atom. The zero-order valence-corrected chi connectivity index (χ0v) is 10.3. The lowest BCUT2D eigenvalue weighted by atomic mass is 10.0. The third-order valence-electron chi connectivity index (χ3n) is 2.20. The van der Waals surface area contributed by atoms with Crippen molar-refractivity contribution in [2.24, 2.45) is 0 Å². The first-order valence-corrected chi connectivity index (χ1v) is 5.55. The van der Waals surface area contributed by atoms with Crippen LogP contribution < -0.4 is 0 Å². The molecule has 0 spiro atoms. The molecule has 0 aromatic carbocycles. The zero-order valence-electron chi connectivity index (χ0n) is 8.76. The number of hydrogen-bond donors (Lipinski definition) is 0. The SMILES string of the molecule is COC(=O)c1ncc(CBr)c(C(F)F)c1C. The predicted molar refractivity (Wildman–Crippen MR) is 57.9 cm³/mol. The fourth-order valence-electron chi connectivity index (χ4n) is 1.39. The molecule has 88 valence electrons. The Bertz CT molecular complexity index is 410. The molecule has 16 heavy (non-hydrogen) atoms. The number of nitrogens with zero attached hydrogens (tertiary/aromatic N) is 1. The number of rotatable bonds is 3. The molecule has 0 fully saturated rings. The summed E-state index contributed by atoms with van der Waals surface area (Å²) in [5.41, 5.74) is 0.314. The summed E-state index contributed by atoms with van der Waals surface area (Å²) in [5.74, 6) is -0.708. The third-order valence-corrected chi connectivity index (χ3v) is 2.80. The van der Waals surface area contributed by atoms with Gasteiger partial charge in [0.2, 0.25) is 0 Å². The maximum atomic E-state index is 12.8. The molecule has 0 atom stereocenters. The highest BCUT2D eigenvalue weighted by Crippen LogP contribution is 2.29. The minimum Gasteiger partial charge on any atom is -0.464 e. The van der Waals surface area contributed by atoms with Gasteiger partial charge in [0.05, 0.1) is 7.11 Å². The van der Waals surface area contributed by atoms with Gasteiger partial charge in [-0.2, -0.15) is 0 Å². The van der Waals surface area contributed by atoms with Crippen LogP contribution >= 0.6 is 15.9 Å². The van der Waals surface area contributed by atoms with Gasteiger partial charge in [-0.1, -0.05) is 15.9 Å². The number of halogens is 3. The maximum absolute atomic E-state index is 12.8. The Morgan fingerprint density at radius 1 is 1.62 bits per heavy atom. The van der Waals surface area contributed by atoms with E-state index in [4.69, 9.17) is 0 Å². The average molecular weight is 294 g/mol. The minimum atomic E-state index is -2.64. The number of aromatic nitrogens is 1. The standard InChI is InChI=1S/C10H10BrF2NO2/c1-5-7(9(12)13)6(3-11)4-14-8(5)10(15)16-2/h4,9H,3H2,1-2H3. The molecule has 0 unspecified atom stereocenters. The van der Waals surface area contributed by atoms with Crippen LogP contribution in [0.1, 0.15) is 33.6 Å². The first-order valence-electron chi connectivity index (χ1n) is 4.43. The zero-order chi connectivity index (χ0) is 12.3. The molecule has 0 saturated heterocycles.